The molecule has 0 bridgehead atoms. The summed E-state index contributed by atoms with van der Waals surface area (Å²) in [5, 5.41) is 2.76. The standard InChI is InChI=1S/C26H32S2/c1-5-6-9-19(2)21-13-14-22-17-23(26(28-4)18-24(22)16-21)15-12-20-10-7-8-11-25(20)27-3/h7-8,10-11,13-14,16-19H,5-6,9,12,15H2,1-4H3. The highest BCUT2D eigenvalue weighted by Gasteiger charge is 2.10. The fourth-order valence-electron chi connectivity index (χ4n) is 3.89. The number of thioether (sulfide) groups is 2. The molecule has 0 N–H and O–H groups in total. The summed E-state index contributed by atoms with van der Waals surface area (Å²) in [4.78, 5) is 2.83. The maximum atomic E-state index is 2.42. The van der Waals surface area contributed by atoms with Crippen LogP contribution in [0.3, 0.4) is 0 Å². The van der Waals surface area contributed by atoms with Crippen LogP contribution in [0.4, 0.5) is 0 Å². The molecule has 0 fully saturated rings. The van der Waals surface area contributed by atoms with Gasteiger partial charge in [-0.25, -0.2) is 0 Å². The fourth-order valence-corrected chi connectivity index (χ4v) is 5.21. The maximum absolute atomic E-state index is 2.42. The molecule has 2 heteroatoms. The molecule has 0 nitrogen and oxygen atoms in total. The monoisotopic (exact) mass is 408 g/mol. The van der Waals surface area contributed by atoms with Crippen LogP contribution in [0.15, 0.2) is 64.4 Å². The maximum Gasteiger partial charge on any atom is 0.0108 e. The summed E-state index contributed by atoms with van der Waals surface area (Å²) in [5.74, 6) is 0.643. The predicted molar refractivity (Wildman–Crippen MR) is 129 cm³/mol. The molecule has 0 aliphatic heterocycles. The molecule has 0 heterocycles. The minimum Gasteiger partial charge on any atom is -0.129 e. The van der Waals surface area contributed by atoms with Gasteiger partial charge in [-0.3, -0.25) is 0 Å². The highest BCUT2D eigenvalue weighted by molar-refractivity contribution is 7.98. The van der Waals surface area contributed by atoms with Crippen molar-refractivity contribution in [1.82, 2.24) is 0 Å². The molecular formula is C26H32S2. The lowest BCUT2D eigenvalue weighted by atomic mass is 9.92. The number of benzene rings is 3. The SMILES string of the molecule is CCCCC(C)c1ccc2cc(CCc3ccccc3SC)c(SC)cc2c1. The second-order valence-corrected chi connectivity index (χ2v) is 9.32. The molecule has 0 aromatic heterocycles. The summed E-state index contributed by atoms with van der Waals surface area (Å²) in [6, 6.07) is 20.7. The molecule has 0 aliphatic carbocycles. The second kappa shape index (κ2) is 10.4. The zero-order valence-electron chi connectivity index (χ0n) is 17.6. The zero-order chi connectivity index (χ0) is 19.9. The Hall–Kier alpha value is -1.38. The number of unbranched alkanes of at least 4 members (excludes halogenated alkanes) is 1. The van der Waals surface area contributed by atoms with Crippen molar-refractivity contribution in [2.45, 2.75) is 61.7 Å². The lowest BCUT2D eigenvalue weighted by Gasteiger charge is -2.15. The van der Waals surface area contributed by atoms with Crippen molar-refractivity contribution in [3.63, 3.8) is 0 Å². The van der Waals surface area contributed by atoms with Crippen LogP contribution in [-0.4, -0.2) is 12.5 Å². The van der Waals surface area contributed by atoms with Crippen molar-refractivity contribution in [3.05, 3.63) is 71.3 Å². The second-order valence-electron chi connectivity index (χ2n) is 7.63. The molecule has 3 rings (SSSR count). The van der Waals surface area contributed by atoms with Gasteiger partial charge in [-0.05, 0) is 77.3 Å². The van der Waals surface area contributed by atoms with Gasteiger partial charge in [-0.15, -0.1) is 23.5 Å². The summed E-state index contributed by atoms with van der Waals surface area (Å²) >= 11 is 3.73. The Morgan fingerprint density at radius 1 is 0.786 bits per heavy atom. The first-order valence-corrected chi connectivity index (χ1v) is 12.8. The molecule has 3 aromatic carbocycles. The molecule has 1 atom stereocenters. The van der Waals surface area contributed by atoms with Gasteiger partial charge in [0, 0.05) is 9.79 Å². The van der Waals surface area contributed by atoms with Crippen LogP contribution >= 0.6 is 23.5 Å². The van der Waals surface area contributed by atoms with Gasteiger partial charge in [0.1, 0.15) is 0 Å². The van der Waals surface area contributed by atoms with Crippen molar-refractivity contribution in [1.29, 1.82) is 0 Å². The van der Waals surface area contributed by atoms with Crippen molar-refractivity contribution in [2.24, 2.45) is 0 Å². The number of hydrogen-bond donors (Lipinski definition) is 0. The Morgan fingerprint density at radius 2 is 1.54 bits per heavy atom. The van der Waals surface area contributed by atoms with Crippen LogP contribution in [0.5, 0.6) is 0 Å². The number of fused-ring (bicyclic) bond motifs is 1. The molecule has 0 radical (unpaired) electrons. The molecule has 0 aliphatic rings. The summed E-state index contributed by atoms with van der Waals surface area (Å²) in [6.45, 7) is 4.64. The molecule has 3 aromatic rings. The Balaban J connectivity index is 1.85. The van der Waals surface area contributed by atoms with E-state index < -0.39 is 0 Å². The Kier molecular flexibility index (Phi) is 7.93. The van der Waals surface area contributed by atoms with Crippen LogP contribution in [0.25, 0.3) is 10.8 Å². The molecule has 148 valence electrons. The van der Waals surface area contributed by atoms with Gasteiger partial charge >= 0.3 is 0 Å². The van der Waals surface area contributed by atoms with Crippen LogP contribution in [0.1, 0.15) is 55.7 Å². The number of rotatable bonds is 9. The van der Waals surface area contributed by atoms with Crippen LogP contribution < -0.4 is 0 Å². The van der Waals surface area contributed by atoms with Crippen molar-refractivity contribution in [3.8, 4) is 0 Å². The van der Waals surface area contributed by atoms with E-state index in [1.54, 1.807) is 0 Å². The van der Waals surface area contributed by atoms with Gasteiger partial charge in [0.2, 0.25) is 0 Å². The van der Waals surface area contributed by atoms with E-state index in [4.69, 9.17) is 0 Å². The van der Waals surface area contributed by atoms with E-state index in [1.165, 1.54) is 56.5 Å². The van der Waals surface area contributed by atoms with Crippen LogP contribution in [0, 0.1) is 0 Å². The van der Waals surface area contributed by atoms with Gasteiger partial charge < -0.3 is 0 Å². The van der Waals surface area contributed by atoms with Crippen molar-refractivity contribution >= 4 is 34.3 Å². The van der Waals surface area contributed by atoms with E-state index in [0.29, 0.717) is 5.92 Å². The van der Waals surface area contributed by atoms with E-state index in [9.17, 15) is 0 Å². The van der Waals surface area contributed by atoms with Crippen LogP contribution in [-0.2, 0) is 12.8 Å². The van der Waals surface area contributed by atoms with E-state index in [2.05, 4.69) is 81.0 Å². The fraction of sp³-hybridized carbons (Fsp3) is 0.385. The van der Waals surface area contributed by atoms with Gasteiger partial charge in [0.25, 0.3) is 0 Å². The smallest absolute Gasteiger partial charge is 0.0108 e. The first kappa shape index (κ1) is 21.3. The van der Waals surface area contributed by atoms with Crippen LogP contribution in [0.2, 0.25) is 0 Å². The third-order valence-electron chi connectivity index (χ3n) is 5.68. The normalized spacial score (nSPS) is 12.4. The van der Waals surface area contributed by atoms with Gasteiger partial charge in [0.15, 0.2) is 0 Å². The highest BCUT2D eigenvalue weighted by atomic mass is 32.2. The molecule has 0 spiro atoms. The Bertz CT molecular complexity index is 913. The quantitative estimate of drug-likeness (QED) is 0.326. The lowest BCUT2D eigenvalue weighted by molar-refractivity contribution is 0.625. The third-order valence-corrected chi connectivity index (χ3v) is 7.34. The van der Waals surface area contributed by atoms with Gasteiger partial charge in [-0.1, -0.05) is 69.2 Å². The summed E-state index contributed by atoms with van der Waals surface area (Å²) < 4.78 is 0. The average Bonchev–Trinajstić information content (AvgIpc) is 2.75. The van der Waals surface area contributed by atoms with E-state index in [0.717, 1.165) is 12.8 Å². The van der Waals surface area contributed by atoms with E-state index >= 15 is 0 Å². The summed E-state index contributed by atoms with van der Waals surface area (Å²) in [5.41, 5.74) is 4.42. The third kappa shape index (κ3) is 5.15. The van der Waals surface area contributed by atoms with E-state index in [1.807, 2.05) is 23.5 Å². The zero-order valence-corrected chi connectivity index (χ0v) is 19.3. The molecule has 0 amide bonds. The molecule has 1 unspecified atom stereocenters. The molecular weight excluding hydrogens is 376 g/mol. The van der Waals surface area contributed by atoms with Crippen molar-refractivity contribution in [2.75, 3.05) is 12.5 Å². The van der Waals surface area contributed by atoms with Crippen molar-refractivity contribution < 1.29 is 0 Å². The number of hydrogen-bond acceptors (Lipinski definition) is 2. The van der Waals surface area contributed by atoms with Gasteiger partial charge in [-0.2, -0.15) is 0 Å². The minimum absolute atomic E-state index is 0.643. The first-order valence-electron chi connectivity index (χ1n) is 10.4. The summed E-state index contributed by atoms with van der Waals surface area (Å²) in [6.07, 6.45) is 10.4. The highest BCUT2D eigenvalue weighted by Crippen LogP contribution is 2.31. The molecule has 28 heavy (non-hydrogen) atoms. The first-order chi connectivity index (χ1) is 13.7. The Morgan fingerprint density at radius 3 is 2.29 bits per heavy atom. The lowest BCUT2D eigenvalue weighted by Crippen LogP contribution is -1.97. The minimum atomic E-state index is 0.643. The largest absolute Gasteiger partial charge is 0.129 e. The summed E-state index contributed by atoms with van der Waals surface area (Å²) in [7, 11) is 0. The topological polar surface area (TPSA) is 0 Å². The number of aryl methyl sites for hydroxylation is 2. The van der Waals surface area contributed by atoms with Gasteiger partial charge in [0.05, 0.1) is 0 Å². The van der Waals surface area contributed by atoms with E-state index in [-0.39, 0.29) is 0 Å². The predicted octanol–water partition coefficient (Wildman–Crippen LogP) is 8.36. The molecule has 0 saturated carbocycles. The average molecular weight is 409 g/mol. The Labute approximate surface area is 179 Å². The molecule has 0 saturated heterocycles.